The third-order valence-electron chi connectivity index (χ3n) is 5.39. The molecule has 0 saturated heterocycles. The van der Waals surface area contributed by atoms with Gasteiger partial charge in [0, 0.05) is 23.8 Å². The highest BCUT2D eigenvalue weighted by atomic mass is 32.2. The van der Waals surface area contributed by atoms with Crippen LogP contribution in [-0.4, -0.2) is 33.8 Å². The highest BCUT2D eigenvalue weighted by Gasteiger charge is 2.34. The van der Waals surface area contributed by atoms with Gasteiger partial charge in [-0.05, 0) is 51.3 Å². The minimum Gasteiger partial charge on any atom is -0.375 e. The zero-order chi connectivity index (χ0) is 24.2. The van der Waals surface area contributed by atoms with Crippen molar-refractivity contribution < 1.29 is 26.7 Å². The summed E-state index contributed by atoms with van der Waals surface area (Å²) in [5.41, 5.74) is -1.88. The lowest BCUT2D eigenvalue weighted by Crippen LogP contribution is -2.42. The zero-order valence-electron chi connectivity index (χ0n) is 17.7. The number of halogens is 3. The van der Waals surface area contributed by atoms with Gasteiger partial charge in [-0.25, -0.2) is 13.4 Å². The first kappa shape index (κ1) is 23.2. The normalized spacial score (nSPS) is 15.4. The Kier molecular flexibility index (Phi) is 5.47. The first-order chi connectivity index (χ1) is 15.3. The smallest absolute Gasteiger partial charge is 0.375 e. The summed E-state index contributed by atoms with van der Waals surface area (Å²) in [4.78, 5) is 8.02. The molecule has 0 spiro atoms. The van der Waals surface area contributed by atoms with Gasteiger partial charge in [0.2, 0.25) is 10.0 Å². The second-order valence-corrected chi connectivity index (χ2v) is 10.1. The number of nitrogens with one attached hydrogen (secondary N) is 1. The molecule has 3 aromatic heterocycles. The van der Waals surface area contributed by atoms with Crippen molar-refractivity contribution in [2.24, 2.45) is 0 Å². The highest BCUT2D eigenvalue weighted by Crippen LogP contribution is 2.42. The van der Waals surface area contributed by atoms with E-state index in [1.165, 1.54) is 26.0 Å². The van der Waals surface area contributed by atoms with Crippen molar-refractivity contribution in [2.75, 3.05) is 0 Å². The Morgan fingerprint density at radius 1 is 1.21 bits per heavy atom. The summed E-state index contributed by atoms with van der Waals surface area (Å²) in [5.74, 6) is 0. The number of fused-ring (bicyclic) bond motifs is 1. The van der Waals surface area contributed by atoms with E-state index in [0.29, 0.717) is 5.69 Å². The molecular formula is C21H20F3N5O3S. The van der Waals surface area contributed by atoms with E-state index in [-0.39, 0.29) is 33.2 Å². The molecule has 4 rings (SSSR count). The average molecular weight is 479 g/mol. The van der Waals surface area contributed by atoms with Crippen molar-refractivity contribution in [3.05, 3.63) is 41.7 Å². The SMILES string of the molecule is CC(C)(O)NS(=O)(=O)c1ccc(-c2c(C#N)c3cc(C(F)(F)F)cnc3n2C2CCC2)nc1. The number of nitrogens with zero attached hydrogens (tertiary/aromatic N) is 4. The number of nitriles is 1. The van der Waals surface area contributed by atoms with Crippen LogP contribution >= 0.6 is 0 Å². The van der Waals surface area contributed by atoms with E-state index in [0.717, 1.165) is 37.7 Å². The van der Waals surface area contributed by atoms with E-state index >= 15 is 0 Å². The summed E-state index contributed by atoms with van der Waals surface area (Å²) in [6.45, 7) is 2.54. The third-order valence-corrected chi connectivity index (χ3v) is 7.02. The molecule has 33 heavy (non-hydrogen) atoms. The average Bonchev–Trinajstić information content (AvgIpc) is 2.97. The number of aromatic nitrogens is 3. The van der Waals surface area contributed by atoms with Gasteiger partial charge in [-0.15, -0.1) is 0 Å². The molecule has 1 aliphatic carbocycles. The fourth-order valence-corrected chi connectivity index (χ4v) is 4.99. The van der Waals surface area contributed by atoms with Crippen LogP contribution in [0, 0.1) is 11.3 Å². The van der Waals surface area contributed by atoms with E-state index < -0.39 is 27.5 Å². The van der Waals surface area contributed by atoms with Crippen LogP contribution in [0.1, 0.15) is 50.3 Å². The predicted molar refractivity (Wildman–Crippen MR) is 112 cm³/mol. The van der Waals surface area contributed by atoms with E-state index in [1.54, 1.807) is 4.57 Å². The molecule has 0 aromatic carbocycles. The summed E-state index contributed by atoms with van der Waals surface area (Å²) in [5, 5.41) is 19.7. The van der Waals surface area contributed by atoms with Gasteiger partial charge >= 0.3 is 6.18 Å². The molecule has 3 heterocycles. The molecule has 8 nitrogen and oxygen atoms in total. The first-order valence-corrected chi connectivity index (χ1v) is 11.5. The lowest BCUT2D eigenvalue weighted by Gasteiger charge is -2.29. The van der Waals surface area contributed by atoms with E-state index in [4.69, 9.17) is 0 Å². The summed E-state index contributed by atoms with van der Waals surface area (Å²) in [6.07, 6.45) is -0.331. The van der Waals surface area contributed by atoms with Gasteiger partial charge in [-0.1, -0.05) is 0 Å². The molecule has 174 valence electrons. The van der Waals surface area contributed by atoms with Crippen molar-refractivity contribution >= 4 is 21.1 Å². The van der Waals surface area contributed by atoms with Crippen LogP contribution in [0.15, 0.2) is 35.5 Å². The molecule has 2 N–H and O–H groups in total. The molecule has 1 aliphatic rings. The second kappa shape index (κ2) is 7.79. The molecule has 12 heteroatoms. The van der Waals surface area contributed by atoms with Crippen molar-refractivity contribution in [3.8, 4) is 17.5 Å². The number of hydrogen-bond donors (Lipinski definition) is 2. The van der Waals surface area contributed by atoms with Crippen LogP contribution in [-0.2, 0) is 16.2 Å². The minimum absolute atomic E-state index is 0.00627. The molecule has 0 unspecified atom stereocenters. The zero-order valence-corrected chi connectivity index (χ0v) is 18.5. The van der Waals surface area contributed by atoms with E-state index in [9.17, 15) is 32.0 Å². The lowest BCUT2D eigenvalue weighted by molar-refractivity contribution is -0.137. The number of aliphatic hydroxyl groups is 1. The Hall–Kier alpha value is -3.01. The van der Waals surface area contributed by atoms with Crippen LogP contribution in [0.3, 0.4) is 0 Å². The van der Waals surface area contributed by atoms with E-state index in [1.807, 2.05) is 6.07 Å². The van der Waals surface area contributed by atoms with Gasteiger partial charge in [-0.2, -0.15) is 23.2 Å². The molecule has 0 amide bonds. The summed E-state index contributed by atoms with van der Waals surface area (Å²) in [6, 6.07) is 5.47. The van der Waals surface area contributed by atoms with Crippen LogP contribution < -0.4 is 4.72 Å². The molecule has 0 bridgehead atoms. The van der Waals surface area contributed by atoms with Crippen molar-refractivity contribution in [1.29, 1.82) is 5.26 Å². The molecule has 1 fully saturated rings. The summed E-state index contributed by atoms with van der Waals surface area (Å²) >= 11 is 0. The maximum Gasteiger partial charge on any atom is 0.417 e. The Bertz CT molecular complexity index is 1360. The van der Waals surface area contributed by atoms with Gasteiger partial charge in [-0.3, -0.25) is 4.98 Å². The second-order valence-electron chi connectivity index (χ2n) is 8.43. The largest absolute Gasteiger partial charge is 0.417 e. The first-order valence-electron chi connectivity index (χ1n) is 10.1. The number of pyridine rings is 2. The maximum atomic E-state index is 13.3. The maximum absolute atomic E-state index is 13.3. The Labute approximate surface area is 187 Å². The third kappa shape index (κ3) is 4.31. The Balaban J connectivity index is 1.89. The quantitative estimate of drug-likeness (QED) is 0.538. The predicted octanol–water partition coefficient (Wildman–Crippen LogP) is 3.72. The van der Waals surface area contributed by atoms with Crippen molar-refractivity contribution in [1.82, 2.24) is 19.3 Å². The number of hydrogen-bond acceptors (Lipinski definition) is 6. The number of rotatable bonds is 5. The van der Waals surface area contributed by atoms with Crippen molar-refractivity contribution in [3.63, 3.8) is 0 Å². The highest BCUT2D eigenvalue weighted by molar-refractivity contribution is 7.89. The van der Waals surface area contributed by atoms with Gasteiger partial charge in [0.15, 0.2) is 0 Å². The molecule has 1 saturated carbocycles. The van der Waals surface area contributed by atoms with Gasteiger partial charge in [0.25, 0.3) is 0 Å². The molecular weight excluding hydrogens is 459 g/mol. The standard InChI is InChI=1S/C21H20F3N5O3S/c1-20(2,30)28-33(31,32)14-6-7-17(26-11-14)18-16(9-25)15-8-12(21(22,23)24)10-27-19(15)29(18)13-4-3-5-13/h6-8,10-11,13,28,30H,3-5H2,1-2H3. The molecule has 0 aliphatic heterocycles. The van der Waals surface area contributed by atoms with E-state index in [2.05, 4.69) is 14.7 Å². The fraction of sp³-hybridized carbons (Fsp3) is 0.381. The van der Waals surface area contributed by atoms with Crippen LogP contribution in [0.25, 0.3) is 22.4 Å². The molecule has 3 aromatic rings. The Morgan fingerprint density at radius 2 is 1.91 bits per heavy atom. The van der Waals surface area contributed by atoms with Crippen molar-refractivity contribution in [2.45, 2.75) is 55.9 Å². The minimum atomic E-state index is -4.62. The Morgan fingerprint density at radius 3 is 2.39 bits per heavy atom. The summed E-state index contributed by atoms with van der Waals surface area (Å²) < 4.78 is 68.5. The molecule has 0 atom stereocenters. The topological polar surface area (TPSA) is 121 Å². The number of alkyl halides is 3. The van der Waals surface area contributed by atoms with Crippen LogP contribution in [0.2, 0.25) is 0 Å². The van der Waals surface area contributed by atoms with Crippen LogP contribution in [0.4, 0.5) is 13.2 Å². The lowest BCUT2D eigenvalue weighted by atomic mass is 9.92. The monoisotopic (exact) mass is 479 g/mol. The number of sulfonamides is 1. The summed E-state index contributed by atoms with van der Waals surface area (Å²) in [7, 11) is -4.07. The molecule has 0 radical (unpaired) electrons. The fourth-order valence-electron chi connectivity index (χ4n) is 3.77. The van der Waals surface area contributed by atoms with Gasteiger partial charge in [0.1, 0.15) is 22.3 Å². The van der Waals surface area contributed by atoms with Gasteiger partial charge < -0.3 is 9.67 Å². The van der Waals surface area contributed by atoms with Crippen LogP contribution in [0.5, 0.6) is 0 Å². The van der Waals surface area contributed by atoms with Gasteiger partial charge in [0.05, 0.1) is 22.5 Å².